The zero-order valence-corrected chi connectivity index (χ0v) is 21.4. The number of aryl methyl sites for hydroxylation is 2. The summed E-state index contributed by atoms with van der Waals surface area (Å²) in [7, 11) is -3.58. The van der Waals surface area contributed by atoms with Gasteiger partial charge >= 0.3 is 0 Å². The fraction of sp³-hybridized carbons (Fsp3) is 0.333. The van der Waals surface area contributed by atoms with Crippen molar-refractivity contribution in [2.45, 2.75) is 43.4 Å². The largest absolute Gasteiger partial charge is 0.352 e. The lowest BCUT2D eigenvalue weighted by molar-refractivity contribution is 0.0950. The molecule has 0 spiro atoms. The minimum Gasteiger partial charge on any atom is -0.352 e. The lowest BCUT2D eigenvalue weighted by atomic mass is 9.90. The first kappa shape index (κ1) is 25.4. The van der Waals surface area contributed by atoms with Crippen molar-refractivity contribution >= 4 is 27.5 Å². The molecule has 0 aliphatic carbocycles. The zero-order valence-electron chi connectivity index (χ0n) is 19.8. The number of hydrogen-bond donors (Lipinski definition) is 1. The van der Waals surface area contributed by atoms with E-state index in [4.69, 9.17) is 16.6 Å². The van der Waals surface area contributed by atoms with E-state index in [0.717, 1.165) is 24.2 Å². The molecular formula is C27H30ClN3O3S. The van der Waals surface area contributed by atoms with Crippen LogP contribution < -0.4 is 5.32 Å². The molecule has 0 atom stereocenters. The second-order valence-electron chi connectivity index (χ2n) is 8.86. The summed E-state index contributed by atoms with van der Waals surface area (Å²) in [5.74, 6) is -0.103. The normalized spacial score (nSPS) is 15.1. The number of nitrogens with zero attached hydrogens (tertiary/aromatic N) is 2. The number of amides is 1. The molecule has 4 rings (SSSR count). The number of hydrogen-bond acceptors (Lipinski definition) is 4. The van der Waals surface area contributed by atoms with Gasteiger partial charge in [0, 0.05) is 36.3 Å². The highest BCUT2D eigenvalue weighted by molar-refractivity contribution is 7.89. The summed E-state index contributed by atoms with van der Waals surface area (Å²) in [5, 5.41) is 3.53. The number of carbonyl (C=O) groups is 1. The van der Waals surface area contributed by atoms with Crippen molar-refractivity contribution in [2.24, 2.45) is 0 Å². The first-order valence-corrected chi connectivity index (χ1v) is 13.7. The summed E-state index contributed by atoms with van der Waals surface area (Å²) in [6.07, 6.45) is 2.97. The minimum atomic E-state index is -3.58. The maximum atomic E-state index is 13.0. The third-order valence-electron chi connectivity index (χ3n) is 6.37. The van der Waals surface area contributed by atoms with Gasteiger partial charge in [0.2, 0.25) is 10.0 Å². The number of nitrogens with one attached hydrogen (secondary N) is 1. The number of piperidine rings is 1. The van der Waals surface area contributed by atoms with Crippen LogP contribution in [0.15, 0.2) is 71.6 Å². The Morgan fingerprint density at radius 3 is 2.40 bits per heavy atom. The molecule has 1 saturated heterocycles. The van der Waals surface area contributed by atoms with Crippen molar-refractivity contribution in [3.05, 3.63) is 94.3 Å². The van der Waals surface area contributed by atoms with E-state index in [2.05, 4.69) is 17.4 Å². The lowest BCUT2D eigenvalue weighted by Crippen LogP contribution is -2.38. The summed E-state index contributed by atoms with van der Waals surface area (Å²) in [6.45, 7) is 3.25. The van der Waals surface area contributed by atoms with Crippen LogP contribution in [-0.4, -0.2) is 43.2 Å². The Bertz CT molecular complexity index is 1260. The van der Waals surface area contributed by atoms with Crippen molar-refractivity contribution in [2.75, 3.05) is 19.6 Å². The van der Waals surface area contributed by atoms with Crippen molar-refractivity contribution in [1.29, 1.82) is 0 Å². The van der Waals surface area contributed by atoms with Gasteiger partial charge in [-0.05, 0) is 74.6 Å². The summed E-state index contributed by atoms with van der Waals surface area (Å²) in [4.78, 5) is 17.9. The Kier molecular flexibility index (Phi) is 8.21. The van der Waals surface area contributed by atoms with Crippen LogP contribution in [0.1, 0.15) is 52.5 Å². The first-order chi connectivity index (χ1) is 16.8. The Balaban J connectivity index is 1.39. The highest BCUT2D eigenvalue weighted by Crippen LogP contribution is 2.32. The monoisotopic (exact) mass is 511 g/mol. The van der Waals surface area contributed by atoms with Gasteiger partial charge in [-0.3, -0.25) is 9.78 Å². The van der Waals surface area contributed by atoms with Crippen LogP contribution in [0.2, 0.25) is 5.02 Å². The van der Waals surface area contributed by atoms with Crippen LogP contribution in [-0.2, 0) is 16.4 Å². The molecule has 1 N–H and O–H groups in total. The molecule has 1 aromatic heterocycles. The third-order valence-corrected chi connectivity index (χ3v) is 8.54. The van der Waals surface area contributed by atoms with Gasteiger partial charge in [0.1, 0.15) is 0 Å². The molecule has 0 bridgehead atoms. The minimum absolute atomic E-state index is 0.0247. The molecule has 184 valence electrons. The lowest BCUT2D eigenvalue weighted by Gasteiger charge is -2.31. The SMILES string of the molecule is Cc1ccc(C(=O)NCCCc2ccccc2)c(C2CCN(S(=O)(=O)c3ccc(Cl)cc3)CC2)n1. The van der Waals surface area contributed by atoms with Crippen molar-refractivity contribution < 1.29 is 13.2 Å². The van der Waals surface area contributed by atoms with Gasteiger partial charge in [-0.15, -0.1) is 0 Å². The topological polar surface area (TPSA) is 79.4 Å². The van der Waals surface area contributed by atoms with Crippen molar-refractivity contribution in [1.82, 2.24) is 14.6 Å². The van der Waals surface area contributed by atoms with Gasteiger partial charge in [-0.25, -0.2) is 8.42 Å². The second kappa shape index (κ2) is 11.3. The van der Waals surface area contributed by atoms with Gasteiger partial charge in [0.25, 0.3) is 5.91 Å². The molecule has 3 aromatic rings. The van der Waals surface area contributed by atoms with Gasteiger partial charge < -0.3 is 5.32 Å². The number of halogens is 1. The number of rotatable bonds is 8. The number of pyridine rings is 1. The molecule has 6 nitrogen and oxygen atoms in total. The van der Waals surface area contributed by atoms with Crippen LogP contribution in [0.5, 0.6) is 0 Å². The first-order valence-electron chi connectivity index (χ1n) is 11.9. The van der Waals surface area contributed by atoms with E-state index in [0.29, 0.717) is 43.1 Å². The number of sulfonamides is 1. The van der Waals surface area contributed by atoms with Crippen LogP contribution in [0.3, 0.4) is 0 Å². The van der Waals surface area contributed by atoms with Crippen molar-refractivity contribution in [3.63, 3.8) is 0 Å². The molecule has 0 unspecified atom stereocenters. The predicted octanol–water partition coefficient (Wildman–Crippen LogP) is 4.97. The maximum absolute atomic E-state index is 13.0. The van der Waals surface area contributed by atoms with Crippen LogP contribution >= 0.6 is 11.6 Å². The fourth-order valence-corrected chi connectivity index (χ4v) is 6.04. The predicted molar refractivity (Wildman–Crippen MR) is 138 cm³/mol. The highest BCUT2D eigenvalue weighted by atomic mass is 35.5. The summed E-state index contributed by atoms with van der Waals surface area (Å²) >= 11 is 5.91. The standard InChI is InChI=1S/C27H30ClN3O3S/c1-20-9-14-25(27(32)29-17-5-8-21-6-3-2-4-7-21)26(30-20)22-15-18-31(19-16-22)35(33,34)24-12-10-23(28)11-13-24/h2-4,6-7,9-14,22H,5,8,15-19H2,1H3,(H,29,32). The van der Waals surface area contributed by atoms with E-state index in [1.54, 1.807) is 12.1 Å². The molecule has 1 aliphatic heterocycles. The summed E-state index contributed by atoms with van der Waals surface area (Å²) in [5.41, 5.74) is 3.43. The van der Waals surface area contributed by atoms with Crippen LogP contribution in [0, 0.1) is 6.92 Å². The molecule has 8 heteroatoms. The Hall–Kier alpha value is -2.74. The van der Waals surface area contributed by atoms with E-state index in [1.165, 1.54) is 22.0 Å². The smallest absolute Gasteiger partial charge is 0.253 e. The Morgan fingerprint density at radius 2 is 1.71 bits per heavy atom. The molecular weight excluding hydrogens is 482 g/mol. The number of benzene rings is 2. The summed E-state index contributed by atoms with van der Waals surface area (Å²) in [6, 6.07) is 20.1. The van der Waals surface area contributed by atoms with E-state index in [9.17, 15) is 13.2 Å². The van der Waals surface area contributed by atoms with E-state index >= 15 is 0 Å². The van der Waals surface area contributed by atoms with E-state index < -0.39 is 10.0 Å². The molecule has 1 fully saturated rings. The average Bonchev–Trinajstić information content (AvgIpc) is 2.87. The molecule has 2 aromatic carbocycles. The van der Waals surface area contributed by atoms with Gasteiger partial charge in [-0.1, -0.05) is 41.9 Å². The molecule has 0 saturated carbocycles. The maximum Gasteiger partial charge on any atom is 0.253 e. The van der Waals surface area contributed by atoms with Gasteiger partial charge in [0.15, 0.2) is 0 Å². The fourth-order valence-electron chi connectivity index (χ4n) is 4.44. The molecule has 0 radical (unpaired) electrons. The van der Waals surface area contributed by atoms with Crippen LogP contribution in [0.25, 0.3) is 0 Å². The molecule has 1 amide bonds. The molecule has 35 heavy (non-hydrogen) atoms. The molecule has 1 aliphatic rings. The highest BCUT2D eigenvalue weighted by Gasteiger charge is 2.32. The zero-order chi connectivity index (χ0) is 24.8. The van der Waals surface area contributed by atoms with E-state index in [-0.39, 0.29) is 16.7 Å². The average molecular weight is 512 g/mol. The quantitative estimate of drug-likeness (QED) is 0.433. The van der Waals surface area contributed by atoms with Gasteiger partial charge in [-0.2, -0.15) is 4.31 Å². The van der Waals surface area contributed by atoms with E-state index in [1.807, 2.05) is 37.3 Å². The summed E-state index contributed by atoms with van der Waals surface area (Å²) < 4.78 is 27.6. The van der Waals surface area contributed by atoms with Gasteiger partial charge in [0.05, 0.1) is 16.2 Å². The van der Waals surface area contributed by atoms with Crippen molar-refractivity contribution in [3.8, 4) is 0 Å². The number of carbonyl (C=O) groups excluding carboxylic acids is 1. The van der Waals surface area contributed by atoms with Crippen LogP contribution in [0.4, 0.5) is 0 Å². The molecule has 2 heterocycles. The Labute approximate surface area is 212 Å². The Morgan fingerprint density at radius 1 is 1.03 bits per heavy atom. The number of aromatic nitrogens is 1. The second-order valence-corrected chi connectivity index (χ2v) is 11.2. The third kappa shape index (κ3) is 6.28.